The third kappa shape index (κ3) is 5.91. The molecule has 1 aliphatic rings. The van der Waals surface area contributed by atoms with E-state index in [1.165, 1.54) is 5.56 Å². The van der Waals surface area contributed by atoms with E-state index in [-0.39, 0.29) is 5.91 Å². The summed E-state index contributed by atoms with van der Waals surface area (Å²) >= 11 is 5.94. The summed E-state index contributed by atoms with van der Waals surface area (Å²) in [4.78, 5) is 16.3. The molecule has 1 saturated heterocycles. The van der Waals surface area contributed by atoms with E-state index in [9.17, 15) is 4.79 Å². The first kappa shape index (κ1) is 22.3. The molecule has 1 fully saturated rings. The predicted octanol–water partition coefficient (Wildman–Crippen LogP) is 5.86. The lowest BCUT2D eigenvalue weighted by Crippen LogP contribution is -2.46. The molecule has 0 aliphatic carbocycles. The van der Waals surface area contributed by atoms with Crippen LogP contribution in [0.5, 0.6) is 0 Å². The largest absolute Gasteiger partial charge is 0.332 e. The van der Waals surface area contributed by atoms with E-state index < -0.39 is 0 Å². The molecule has 1 heterocycles. The number of hydrogen-bond donors (Lipinski definition) is 0. The highest BCUT2D eigenvalue weighted by atomic mass is 35.5. The van der Waals surface area contributed by atoms with Gasteiger partial charge in [-0.05, 0) is 30.0 Å². The summed E-state index contributed by atoms with van der Waals surface area (Å²) in [7, 11) is 0. The normalized spacial score (nSPS) is 14.6. The van der Waals surface area contributed by atoms with Crippen LogP contribution in [0.1, 0.15) is 52.5 Å². The van der Waals surface area contributed by atoms with E-state index in [4.69, 9.17) is 11.6 Å². The summed E-state index contributed by atoms with van der Waals surface area (Å²) in [5.41, 5.74) is 2.04. The number of benzene rings is 1. The molecule has 0 spiro atoms. The van der Waals surface area contributed by atoms with Crippen LogP contribution in [0.2, 0.25) is 5.02 Å². The minimum atomic E-state index is 0.111. The van der Waals surface area contributed by atoms with Crippen LogP contribution in [-0.2, 0) is 11.2 Å². The monoisotopic (exact) mass is 376 g/mol. The summed E-state index contributed by atoms with van der Waals surface area (Å²) < 4.78 is 0. The van der Waals surface area contributed by atoms with Gasteiger partial charge in [-0.1, -0.05) is 77.4 Å². The first-order valence-electron chi connectivity index (χ1n) is 9.65. The van der Waals surface area contributed by atoms with Gasteiger partial charge in [0.2, 0.25) is 5.91 Å². The minimum absolute atomic E-state index is 0.111. The van der Waals surface area contributed by atoms with Crippen molar-refractivity contribution in [3.8, 4) is 0 Å². The van der Waals surface area contributed by atoms with Gasteiger partial charge in [0.15, 0.2) is 0 Å². The molecule has 0 N–H and O–H groups in total. The van der Waals surface area contributed by atoms with Crippen LogP contribution >= 0.6 is 11.6 Å². The van der Waals surface area contributed by atoms with Crippen LogP contribution in [0, 0.1) is 5.92 Å². The maximum Gasteiger partial charge on any atom is 0.234 e. The molecule has 1 aliphatic heterocycles. The summed E-state index contributed by atoms with van der Waals surface area (Å²) in [6, 6.07) is 7.87. The number of nitrogens with zero attached hydrogens (tertiary/aromatic N) is 2. The molecule has 0 unspecified atom stereocenters. The van der Waals surface area contributed by atoms with Crippen LogP contribution in [0.3, 0.4) is 0 Å². The third-order valence-corrected chi connectivity index (χ3v) is 5.05. The summed E-state index contributed by atoms with van der Waals surface area (Å²) in [6.07, 6.45) is 3.38. The highest BCUT2D eigenvalue weighted by molar-refractivity contribution is 6.30. The van der Waals surface area contributed by atoms with Gasteiger partial charge in [0.1, 0.15) is 5.82 Å². The fraction of sp³-hybridized carbons (Fsp3) is 0.500. The van der Waals surface area contributed by atoms with E-state index in [1.54, 1.807) is 0 Å². The van der Waals surface area contributed by atoms with Crippen molar-refractivity contribution in [1.29, 1.82) is 0 Å². The van der Waals surface area contributed by atoms with Crippen molar-refractivity contribution in [2.45, 2.75) is 53.4 Å². The van der Waals surface area contributed by atoms with Crippen LogP contribution < -0.4 is 0 Å². The zero-order chi connectivity index (χ0) is 19.7. The molecular weight excluding hydrogens is 344 g/mol. The molecule has 0 saturated carbocycles. The standard InChI is InChI=1S/C20H27ClN2O.C2H6/c1-5-17(6-2)14-23-16(4)22(15(3)13-20(23)24)12-11-18-7-9-19(21)10-8-18;1-2/h7-10,17H,3-6,11-14H2,1-2H3;1-2H3. The molecule has 2 rings (SSSR count). The topological polar surface area (TPSA) is 23.6 Å². The maximum absolute atomic E-state index is 12.4. The molecule has 0 atom stereocenters. The Morgan fingerprint density at radius 3 is 2.19 bits per heavy atom. The zero-order valence-corrected chi connectivity index (χ0v) is 17.5. The zero-order valence-electron chi connectivity index (χ0n) is 16.7. The van der Waals surface area contributed by atoms with E-state index >= 15 is 0 Å². The molecule has 3 nitrogen and oxygen atoms in total. The van der Waals surface area contributed by atoms with Crippen molar-refractivity contribution in [1.82, 2.24) is 9.80 Å². The fourth-order valence-corrected chi connectivity index (χ4v) is 3.15. The van der Waals surface area contributed by atoms with Gasteiger partial charge in [-0.15, -0.1) is 0 Å². The van der Waals surface area contributed by atoms with Gasteiger partial charge in [0.05, 0.1) is 6.42 Å². The molecule has 144 valence electrons. The van der Waals surface area contributed by atoms with E-state index in [2.05, 4.69) is 31.9 Å². The van der Waals surface area contributed by atoms with Gasteiger partial charge in [0.25, 0.3) is 0 Å². The molecule has 0 radical (unpaired) electrons. The Balaban J connectivity index is 0.00000163. The van der Waals surface area contributed by atoms with Crippen LogP contribution in [0.25, 0.3) is 0 Å². The highest BCUT2D eigenvalue weighted by Gasteiger charge is 2.30. The number of carbonyl (C=O) groups is 1. The molecule has 4 heteroatoms. The van der Waals surface area contributed by atoms with Crippen molar-refractivity contribution in [3.63, 3.8) is 0 Å². The Bertz CT molecular complexity index is 605. The second-order valence-corrected chi connectivity index (χ2v) is 6.81. The molecule has 26 heavy (non-hydrogen) atoms. The van der Waals surface area contributed by atoms with E-state index in [1.807, 2.05) is 43.0 Å². The Morgan fingerprint density at radius 1 is 1.08 bits per heavy atom. The molecule has 1 amide bonds. The summed E-state index contributed by atoms with van der Waals surface area (Å²) in [5, 5.41) is 0.743. The highest BCUT2D eigenvalue weighted by Crippen LogP contribution is 2.27. The second kappa shape index (κ2) is 11.1. The lowest BCUT2D eigenvalue weighted by atomic mass is 10.0. The number of hydrogen-bond acceptors (Lipinski definition) is 2. The van der Waals surface area contributed by atoms with Gasteiger partial charge in [0, 0.05) is 23.8 Å². The van der Waals surface area contributed by atoms with Crippen LogP contribution in [0.4, 0.5) is 0 Å². The van der Waals surface area contributed by atoms with Crippen molar-refractivity contribution in [2.75, 3.05) is 13.1 Å². The minimum Gasteiger partial charge on any atom is -0.332 e. The average Bonchev–Trinajstić information content (AvgIpc) is 2.64. The molecule has 1 aromatic rings. The first-order chi connectivity index (χ1) is 12.5. The maximum atomic E-state index is 12.4. The number of carbonyl (C=O) groups excluding carboxylic acids is 1. The second-order valence-electron chi connectivity index (χ2n) is 6.37. The SMILES string of the molecule is C=C1CC(=O)N(CC(CC)CC)C(=C)N1CCc1ccc(Cl)cc1.CC. The number of halogens is 1. The lowest BCUT2D eigenvalue weighted by Gasteiger charge is -2.41. The molecule has 0 bridgehead atoms. The Kier molecular flexibility index (Phi) is 9.50. The third-order valence-electron chi connectivity index (χ3n) is 4.79. The van der Waals surface area contributed by atoms with Gasteiger partial charge in [-0.2, -0.15) is 0 Å². The lowest BCUT2D eigenvalue weighted by molar-refractivity contribution is -0.132. The van der Waals surface area contributed by atoms with Crippen LogP contribution in [0.15, 0.2) is 48.9 Å². The quantitative estimate of drug-likeness (QED) is 0.594. The van der Waals surface area contributed by atoms with Gasteiger partial charge in [-0.3, -0.25) is 9.69 Å². The smallest absolute Gasteiger partial charge is 0.234 e. The Morgan fingerprint density at radius 2 is 1.65 bits per heavy atom. The van der Waals surface area contributed by atoms with E-state index in [0.717, 1.165) is 48.9 Å². The Hall–Kier alpha value is -1.74. The van der Waals surface area contributed by atoms with Crippen LogP contribution in [-0.4, -0.2) is 28.8 Å². The fourth-order valence-electron chi connectivity index (χ4n) is 3.03. The number of amides is 1. The predicted molar refractivity (Wildman–Crippen MR) is 112 cm³/mol. The van der Waals surface area contributed by atoms with Gasteiger partial charge >= 0.3 is 0 Å². The average molecular weight is 377 g/mol. The van der Waals surface area contributed by atoms with Crippen molar-refractivity contribution in [2.24, 2.45) is 5.92 Å². The summed E-state index contributed by atoms with van der Waals surface area (Å²) in [6.45, 7) is 18.1. The summed E-state index contributed by atoms with van der Waals surface area (Å²) in [5.74, 6) is 1.38. The Labute approximate surface area is 164 Å². The van der Waals surface area contributed by atoms with E-state index in [0.29, 0.717) is 12.3 Å². The van der Waals surface area contributed by atoms with Crippen molar-refractivity contribution >= 4 is 17.5 Å². The molecule has 0 aromatic heterocycles. The van der Waals surface area contributed by atoms with Crippen molar-refractivity contribution < 1.29 is 4.79 Å². The van der Waals surface area contributed by atoms with Gasteiger partial charge < -0.3 is 4.90 Å². The first-order valence-corrected chi connectivity index (χ1v) is 10.0. The molecular formula is C22H33ClN2O. The van der Waals surface area contributed by atoms with Gasteiger partial charge in [-0.25, -0.2) is 0 Å². The number of rotatable bonds is 7. The van der Waals surface area contributed by atoms with Crippen molar-refractivity contribution in [3.05, 3.63) is 59.5 Å². The molecule has 1 aromatic carbocycles.